The van der Waals surface area contributed by atoms with E-state index in [1.165, 1.54) is 25.1 Å². The molecule has 0 spiro atoms. The fraction of sp³-hybridized carbons (Fsp3) is 0.182. The molecule has 29 heavy (non-hydrogen) atoms. The van der Waals surface area contributed by atoms with Crippen molar-refractivity contribution in [3.8, 4) is 0 Å². The number of nitrogens with zero attached hydrogens (tertiary/aromatic N) is 2. The van der Waals surface area contributed by atoms with Gasteiger partial charge in [0, 0.05) is 36.7 Å². The van der Waals surface area contributed by atoms with Gasteiger partial charge >= 0.3 is 0 Å². The molecular weight excluding hydrogens is 374 g/mol. The van der Waals surface area contributed by atoms with E-state index in [1.807, 2.05) is 24.3 Å². The van der Waals surface area contributed by atoms with Crippen molar-refractivity contribution in [2.75, 3.05) is 28.6 Å². The maximum Gasteiger partial charge on any atom is 0.257 e. The number of carbonyl (C=O) groups is 1. The zero-order chi connectivity index (χ0) is 20.2. The Kier molecular flexibility index (Phi) is 5.37. The number of anilines is 4. The highest BCUT2D eigenvalue weighted by molar-refractivity contribution is 6.04. The number of halogens is 2. The van der Waals surface area contributed by atoms with Crippen molar-refractivity contribution in [3.63, 3.8) is 0 Å². The second-order valence-corrected chi connectivity index (χ2v) is 6.88. The quantitative estimate of drug-likeness (QED) is 0.643. The van der Waals surface area contributed by atoms with Crippen molar-refractivity contribution in [1.29, 1.82) is 0 Å². The SMILES string of the molecule is O=C(Nc1ccc(N2CCCC2)cc1)c1ccc(Nc2ccc(F)cc2F)nc1. The van der Waals surface area contributed by atoms with Crippen molar-refractivity contribution in [2.24, 2.45) is 0 Å². The second-order valence-electron chi connectivity index (χ2n) is 6.88. The summed E-state index contributed by atoms with van der Waals surface area (Å²) >= 11 is 0. The highest BCUT2D eigenvalue weighted by Crippen LogP contribution is 2.23. The molecule has 1 aliphatic heterocycles. The highest BCUT2D eigenvalue weighted by Gasteiger charge is 2.13. The summed E-state index contributed by atoms with van der Waals surface area (Å²) in [4.78, 5) is 18.9. The van der Waals surface area contributed by atoms with Gasteiger partial charge in [-0.05, 0) is 61.4 Å². The summed E-state index contributed by atoms with van der Waals surface area (Å²) < 4.78 is 26.7. The molecule has 2 heterocycles. The second kappa shape index (κ2) is 8.26. The molecule has 7 heteroatoms. The summed E-state index contributed by atoms with van der Waals surface area (Å²) in [5.41, 5.74) is 2.34. The molecule has 0 saturated carbocycles. The summed E-state index contributed by atoms with van der Waals surface area (Å²) in [5.74, 6) is -1.31. The van der Waals surface area contributed by atoms with Crippen molar-refractivity contribution >= 4 is 28.8 Å². The minimum atomic E-state index is -0.717. The van der Waals surface area contributed by atoms with Gasteiger partial charge in [0.15, 0.2) is 0 Å². The number of hydrogen-bond acceptors (Lipinski definition) is 4. The van der Waals surface area contributed by atoms with Crippen LogP contribution in [0.1, 0.15) is 23.2 Å². The summed E-state index contributed by atoms with van der Waals surface area (Å²) in [6, 6.07) is 14.2. The Morgan fingerprint density at radius 2 is 1.72 bits per heavy atom. The Morgan fingerprint density at radius 3 is 2.38 bits per heavy atom. The molecule has 0 bridgehead atoms. The number of rotatable bonds is 5. The van der Waals surface area contributed by atoms with Gasteiger partial charge < -0.3 is 15.5 Å². The van der Waals surface area contributed by atoms with Gasteiger partial charge in [-0.1, -0.05) is 0 Å². The molecule has 148 valence electrons. The third-order valence-electron chi connectivity index (χ3n) is 4.82. The van der Waals surface area contributed by atoms with Gasteiger partial charge in [-0.25, -0.2) is 13.8 Å². The maximum atomic E-state index is 13.7. The van der Waals surface area contributed by atoms with Crippen LogP contribution in [0.15, 0.2) is 60.8 Å². The van der Waals surface area contributed by atoms with Gasteiger partial charge in [0.05, 0.1) is 11.3 Å². The van der Waals surface area contributed by atoms with Gasteiger partial charge in [0.1, 0.15) is 17.5 Å². The minimum Gasteiger partial charge on any atom is -0.372 e. The molecule has 0 atom stereocenters. The minimum absolute atomic E-state index is 0.106. The highest BCUT2D eigenvalue weighted by atomic mass is 19.1. The lowest BCUT2D eigenvalue weighted by Crippen LogP contribution is -2.17. The number of aromatic nitrogens is 1. The van der Waals surface area contributed by atoms with E-state index in [2.05, 4.69) is 20.5 Å². The molecule has 1 aromatic heterocycles. The molecule has 1 amide bonds. The fourth-order valence-electron chi connectivity index (χ4n) is 3.27. The van der Waals surface area contributed by atoms with Crippen LogP contribution in [0.5, 0.6) is 0 Å². The van der Waals surface area contributed by atoms with Gasteiger partial charge in [0.25, 0.3) is 5.91 Å². The van der Waals surface area contributed by atoms with Gasteiger partial charge in [-0.3, -0.25) is 4.79 Å². The fourth-order valence-corrected chi connectivity index (χ4v) is 3.27. The third kappa shape index (κ3) is 4.51. The van der Waals surface area contributed by atoms with E-state index in [0.29, 0.717) is 17.1 Å². The Bertz CT molecular complexity index is 1000. The number of carbonyl (C=O) groups excluding carboxylic acids is 1. The van der Waals surface area contributed by atoms with E-state index in [4.69, 9.17) is 0 Å². The lowest BCUT2D eigenvalue weighted by atomic mass is 10.2. The van der Waals surface area contributed by atoms with Crippen LogP contribution >= 0.6 is 0 Å². The first-order valence-electron chi connectivity index (χ1n) is 9.43. The van der Waals surface area contributed by atoms with Crippen LogP contribution < -0.4 is 15.5 Å². The first kappa shape index (κ1) is 18.9. The number of nitrogens with one attached hydrogen (secondary N) is 2. The topological polar surface area (TPSA) is 57.3 Å². The largest absolute Gasteiger partial charge is 0.372 e. The lowest BCUT2D eigenvalue weighted by Gasteiger charge is -2.17. The average molecular weight is 394 g/mol. The van der Waals surface area contributed by atoms with Crippen LogP contribution in [0.25, 0.3) is 0 Å². The first-order chi connectivity index (χ1) is 14.1. The zero-order valence-corrected chi connectivity index (χ0v) is 15.7. The number of hydrogen-bond donors (Lipinski definition) is 2. The van der Waals surface area contributed by atoms with Crippen LogP contribution in [-0.4, -0.2) is 24.0 Å². The number of pyridine rings is 1. The maximum absolute atomic E-state index is 13.7. The smallest absolute Gasteiger partial charge is 0.257 e. The number of amides is 1. The van der Waals surface area contributed by atoms with Crippen LogP contribution in [0.3, 0.4) is 0 Å². The molecule has 0 unspecified atom stereocenters. The van der Waals surface area contributed by atoms with E-state index in [9.17, 15) is 13.6 Å². The normalized spacial score (nSPS) is 13.4. The lowest BCUT2D eigenvalue weighted by molar-refractivity contribution is 0.102. The Balaban J connectivity index is 1.38. The predicted molar refractivity (Wildman–Crippen MR) is 110 cm³/mol. The third-order valence-corrected chi connectivity index (χ3v) is 4.82. The molecular formula is C22H20F2N4O. The summed E-state index contributed by atoms with van der Waals surface area (Å²) in [6.07, 6.45) is 3.83. The predicted octanol–water partition coefficient (Wildman–Crippen LogP) is 4.96. The molecule has 2 N–H and O–H groups in total. The van der Waals surface area contributed by atoms with Gasteiger partial charge in [0.2, 0.25) is 0 Å². The molecule has 1 aliphatic rings. The first-order valence-corrected chi connectivity index (χ1v) is 9.43. The van der Waals surface area contributed by atoms with Gasteiger partial charge in [-0.15, -0.1) is 0 Å². The molecule has 3 aromatic rings. The number of benzene rings is 2. The van der Waals surface area contributed by atoms with Crippen molar-refractivity contribution in [1.82, 2.24) is 4.98 Å². The Morgan fingerprint density at radius 1 is 0.966 bits per heavy atom. The van der Waals surface area contributed by atoms with Crippen LogP contribution in [0, 0.1) is 11.6 Å². The van der Waals surface area contributed by atoms with E-state index in [-0.39, 0.29) is 11.6 Å². The van der Waals surface area contributed by atoms with E-state index in [0.717, 1.165) is 30.9 Å². The monoisotopic (exact) mass is 394 g/mol. The molecule has 0 aliphatic carbocycles. The van der Waals surface area contributed by atoms with Crippen LogP contribution in [-0.2, 0) is 0 Å². The van der Waals surface area contributed by atoms with Crippen molar-refractivity contribution < 1.29 is 13.6 Å². The molecule has 0 radical (unpaired) electrons. The van der Waals surface area contributed by atoms with E-state index in [1.54, 1.807) is 12.1 Å². The van der Waals surface area contributed by atoms with E-state index >= 15 is 0 Å². The van der Waals surface area contributed by atoms with Crippen molar-refractivity contribution in [3.05, 3.63) is 78.0 Å². The van der Waals surface area contributed by atoms with Gasteiger partial charge in [-0.2, -0.15) is 0 Å². The summed E-state index contributed by atoms with van der Waals surface area (Å²) in [5, 5.41) is 5.60. The summed E-state index contributed by atoms with van der Waals surface area (Å²) in [7, 11) is 0. The zero-order valence-electron chi connectivity index (χ0n) is 15.7. The van der Waals surface area contributed by atoms with Crippen LogP contribution in [0.4, 0.5) is 31.7 Å². The molecule has 1 saturated heterocycles. The molecule has 4 rings (SSSR count). The van der Waals surface area contributed by atoms with E-state index < -0.39 is 11.6 Å². The molecule has 5 nitrogen and oxygen atoms in total. The van der Waals surface area contributed by atoms with Crippen molar-refractivity contribution in [2.45, 2.75) is 12.8 Å². The standard InChI is InChI=1S/C22H20F2N4O/c23-16-4-9-20(19(24)13-16)27-21-10-3-15(14-25-21)22(29)26-17-5-7-18(8-6-17)28-11-1-2-12-28/h3-10,13-14H,1-2,11-12H2,(H,25,27)(H,26,29). The average Bonchev–Trinajstić information content (AvgIpc) is 3.26. The molecule has 1 fully saturated rings. The van der Waals surface area contributed by atoms with Crippen LogP contribution in [0.2, 0.25) is 0 Å². The molecule has 2 aromatic carbocycles. The Labute approximate surface area is 167 Å². The Hall–Kier alpha value is -3.48. The summed E-state index contributed by atoms with van der Waals surface area (Å²) in [6.45, 7) is 2.14.